The lowest BCUT2D eigenvalue weighted by Crippen LogP contribution is -2.46. The third kappa shape index (κ3) is 5.11. The van der Waals surface area contributed by atoms with E-state index in [4.69, 9.17) is 4.74 Å². The highest BCUT2D eigenvalue weighted by molar-refractivity contribution is 5.96. The van der Waals surface area contributed by atoms with Gasteiger partial charge in [0.2, 0.25) is 11.8 Å². The van der Waals surface area contributed by atoms with Gasteiger partial charge in [-0.3, -0.25) is 9.59 Å². The summed E-state index contributed by atoms with van der Waals surface area (Å²) >= 11 is 0. The summed E-state index contributed by atoms with van der Waals surface area (Å²) < 4.78 is 5.20. The minimum absolute atomic E-state index is 0. The topological polar surface area (TPSA) is 70.7 Å². The molecule has 0 aromatic heterocycles. The normalized spacial score (nSPS) is 16.3. The third-order valence-corrected chi connectivity index (χ3v) is 3.77. The molecule has 1 aromatic carbocycles. The second-order valence-corrected chi connectivity index (χ2v) is 5.25. The van der Waals surface area contributed by atoms with Crippen LogP contribution in [0.25, 0.3) is 0 Å². The van der Waals surface area contributed by atoms with Crippen molar-refractivity contribution in [3.63, 3.8) is 0 Å². The van der Waals surface area contributed by atoms with Gasteiger partial charge in [0, 0.05) is 6.54 Å². The highest BCUT2D eigenvalue weighted by Gasteiger charge is 2.27. The molecule has 2 rings (SSSR count). The van der Waals surface area contributed by atoms with Crippen LogP contribution in [0.2, 0.25) is 0 Å². The Morgan fingerprint density at radius 3 is 2.74 bits per heavy atom. The van der Waals surface area contributed by atoms with Gasteiger partial charge in [-0.15, -0.1) is 12.4 Å². The van der Waals surface area contributed by atoms with Crippen molar-refractivity contribution in [2.24, 2.45) is 0 Å². The van der Waals surface area contributed by atoms with Crippen molar-refractivity contribution in [1.82, 2.24) is 10.2 Å². The summed E-state index contributed by atoms with van der Waals surface area (Å²) in [5.74, 6) is 0.371. The molecule has 1 heterocycles. The van der Waals surface area contributed by atoms with Gasteiger partial charge in [0.15, 0.2) is 0 Å². The van der Waals surface area contributed by atoms with Gasteiger partial charge in [-0.1, -0.05) is 12.1 Å². The van der Waals surface area contributed by atoms with Crippen LogP contribution in [0.5, 0.6) is 5.75 Å². The second-order valence-electron chi connectivity index (χ2n) is 5.25. The Kier molecular flexibility index (Phi) is 7.85. The number of likely N-dealkylation sites (N-methyl/N-ethyl adjacent to an activating group) is 1. The highest BCUT2D eigenvalue weighted by atomic mass is 35.5. The SMILES string of the molecule is CCN(CC(=O)Nc1ccccc1OC)C(=O)C1CCCN1.Cl. The Labute approximate surface area is 143 Å². The van der Waals surface area contributed by atoms with Crippen molar-refractivity contribution < 1.29 is 14.3 Å². The number of amides is 2. The summed E-state index contributed by atoms with van der Waals surface area (Å²) in [5, 5.41) is 5.96. The molecule has 0 saturated carbocycles. The maximum Gasteiger partial charge on any atom is 0.244 e. The molecule has 1 unspecified atom stereocenters. The lowest BCUT2D eigenvalue weighted by atomic mass is 10.2. The number of carbonyl (C=O) groups is 2. The molecule has 23 heavy (non-hydrogen) atoms. The fraction of sp³-hybridized carbons (Fsp3) is 0.500. The first-order valence-electron chi connectivity index (χ1n) is 7.60. The number of rotatable bonds is 6. The number of halogens is 1. The van der Waals surface area contributed by atoms with Crippen LogP contribution in [0.3, 0.4) is 0 Å². The Morgan fingerprint density at radius 2 is 2.13 bits per heavy atom. The Morgan fingerprint density at radius 1 is 1.39 bits per heavy atom. The molecule has 1 atom stereocenters. The number of nitrogens with zero attached hydrogens (tertiary/aromatic N) is 1. The number of hydrogen-bond donors (Lipinski definition) is 2. The number of nitrogens with one attached hydrogen (secondary N) is 2. The van der Waals surface area contributed by atoms with Crippen molar-refractivity contribution in [3.05, 3.63) is 24.3 Å². The maximum absolute atomic E-state index is 12.3. The molecule has 1 aliphatic heterocycles. The summed E-state index contributed by atoms with van der Waals surface area (Å²) in [6.07, 6.45) is 1.84. The lowest BCUT2D eigenvalue weighted by molar-refractivity contribution is -0.136. The first kappa shape index (κ1) is 19.3. The van der Waals surface area contributed by atoms with Crippen molar-refractivity contribution in [2.45, 2.75) is 25.8 Å². The molecule has 128 valence electrons. The highest BCUT2D eigenvalue weighted by Crippen LogP contribution is 2.22. The molecule has 7 heteroatoms. The van der Waals surface area contributed by atoms with E-state index in [2.05, 4.69) is 10.6 Å². The van der Waals surface area contributed by atoms with Crippen LogP contribution in [-0.2, 0) is 9.59 Å². The molecular weight excluding hydrogens is 318 g/mol. The molecule has 1 aromatic rings. The van der Waals surface area contributed by atoms with E-state index in [1.165, 1.54) is 0 Å². The molecule has 0 aliphatic carbocycles. The Hall–Kier alpha value is -1.79. The molecule has 0 bridgehead atoms. The van der Waals surface area contributed by atoms with E-state index in [0.29, 0.717) is 18.0 Å². The van der Waals surface area contributed by atoms with Crippen molar-refractivity contribution >= 4 is 29.9 Å². The van der Waals surface area contributed by atoms with E-state index in [-0.39, 0.29) is 36.8 Å². The molecular formula is C16H24ClN3O3. The van der Waals surface area contributed by atoms with Gasteiger partial charge in [0.1, 0.15) is 5.75 Å². The number of ether oxygens (including phenoxy) is 1. The minimum Gasteiger partial charge on any atom is -0.495 e. The second kappa shape index (κ2) is 9.37. The summed E-state index contributed by atoms with van der Waals surface area (Å²) in [6.45, 7) is 3.30. The number of para-hydroxylation sites is 2. The number of carbonyl (C=O) groups excluding carboxylic acids is 2. The van der Waals surface area contributed by atoms with E-state index in [1.807, 2.05) is 19.1 Å². The predicted molar refractivity (Wildman–Crippen MR) is 92.2 cm³/mol. The third-order valence-electron chi connectivity index (χ3n) is 3.77. The number of benzene rings is 1. The monoisotopic (exact) mass is 341 g/mol. The van der Waals surface area contributed by atoms with E-state index >= 15 is 0 Å². The van der Waals surface area contributed by atoms with Gasteiger partial charge in [-0.25, -0.2) is 0 Å². The molecule has 2 N–H and O–H groups in total. The van der Waals surface area contributed by atoms with E-state index < -0.39 is 0 Å². The summed E-state index contributed by atoms with van der Waals surface area (Å²) in [6, 6.07) is 7.05. The van der Waals surface area contributed by atoms with Crippen LogP contribution in [-0.4, -0.2) is 49.5 Å². The predicted octanol–water partition coefficient (Wildman–Crippen LogP) is 1.66. The first-order chi connectivity index (χ1) is 10.7. The van der Waals surface area contributed by atoms with Crippen LogP contribution in [0, 0.1) is 0 Å². The average molecular weight is 342 g/mol. The standard InChI is InChI=1S/C16H23N3O3.ClH/c1-3-19(16(21)13-8-6-10-17-13)11-15(20)18-12-7-4-5-9-14(12)22-2;/h4-5,7,9,13,17H,3,6,8,10-11H2,1-2H3,(H,18,20);1H. The van der Waals surface area contributed by atoms with Gasteiger partial charge in [-0.05, 0) is 38.4 Å². The zero-order valence-electron chi connectivity index (χ0n) is 13.5. The zero-order chi connectivity index (χ0) is 15.9. The van der Waals surface area contributed by atoms with Crippen LogP contribution in [0.15, 0.2) is 24.3 Å². The molecule has 1 fully saturated rings. The van der Waals surface area contributed by atoms with Crippen LogP contribution >= 0.6 is 12.4 Å². The Balaban J connectivity index is 0.00000264. The summed E-state index contributed by atoms with van der Waals surface area (Å²) in [4.78, 5) is 26.1. The minimum atomic E-state index is -0.224. The molecule has 6 nitrogen and oxygen atoms in total. The van der Waals surface area contributed by atoms with Crippen molar-refractivity contribution in [1.29, 1.82) is 0 Å². The van der Waals surface area contributed by atoms with E-state index in [9.17, 15) is 9.59 Å². The van der Waals surface area contributed by atoms with Gasteiger partial charge >= 0.3 is 0 Å². The average Bonchev–Trinajstić information content (AvgIpc) is 3.07. The zero-order valence-corrected chi connectivity index (χ0v) is 14.3. The van der Waals surface area contributed by atoms with Crippen LogP contribution < -0.4 is 15.4 Å². The molecule has 1 saturated heterocycles. The molecule has 1 aliphatic rings. The number of methoxy groups -OCH3 is 1. The van der Waals surface area contributed by atoms with Gasteiger partial charge in [0.25, 0.3) is 0 Å². The smallest absolute Gasteiger partial charge is 0.244 e. The molecule has 0 radical (unpaired) electrons. The van der Waals surface area contributed by atoms with Gasteiger partial charge in [-0.2, -0.15) is 0 Å². The summed E-state index contributed by atoms with van der Waals surface area (Å²) in [5.41, 5.74) is 0.609. The van der Waals surface area contributed by atoms with Crippen LogP contribution in [0.1, 0.15) is 19.8 Å². The van der Waals surface area contributed by atoms with Crippen molar-refractivity contribution in [3.8, 4) is 5.75 Å². The van der Waals surface area contributed by atoms with E-state index in [1.54, 1.807) is 24.1 Å². The Bertz CT molecular complexity index is 533. The van der Waals surface area contributed by atoms with Crippen molar-refractivity contribution in [2.75, 3.05) is 32.1 Å². The van der Waals surface area contributed by atoms with E-state index in [0.717, 1.165) is 19.4 Å². The number of hydrogen-bond acceptors (Lipinski definition) is 4. The summed E-state index contributed by atoms with van der Waals surface area (Å²) in [7, 11) is 1.55. The fourth-order valence-corrected chi connectivity index (χ4v) is 2.57. The van der Waals surface area contributed by atoms with Gasteiger partial charge < -0.3 is 20.3 Å². The molecule has 2 amide bonds. The van der Waals surface area contributed by atoms with Crippen LogP contribution in [0.4, 0.5) is 5.69 Å². The largest absolute Gasteiger partial charge is 0.495 e. The maximum atomic E-state index is 12.3. The van der Waals surface area contributed by atoms with Gasteiger partial charge in [0.05, 0.1) is 25.4 Å². The quantitative estimate of drug-likeness (QED) is 0.825. The molecule has 0 spiro atoms. The number of anilines is 1. The fourth-order valence-electron chi connectivity index (χ4n) is 2.57. The lowest BCUT2D eigenvalue weighted by Gasteiger charge is -2.24. The first-order valence-corrected chi connectivity index (χ1v) is 7.60.